The number of hydrogen-bond acceptors (Lipinski definition) is 4. The summed E-state index contributed by atoms with van der Waals surface area (Å²) >= 11 is 0. The van der Waals surface area contributed by atoms with Crippen molar-refractivity contribution in [3.8, 4) is 0 Å². The maximum absolute atomic E-state index is 11.8. The largest absolute Gasteiger partial charge is 0.299 e. The molecule has 1 aliphatic rings. The second-order valence-electron chi connectivity index (χ2n) is 4.64. The Morgan fingerprint density at radius 3 is 2.22 bits per heavy atom. The van der Waals surface area contributed by atoms with E-state index in [9.17, 15) is 19.7 Å². The molecule has 5 heteroatoms. The number of nitrogens with zero attached hydrogens (tertiary/aromatic N) is 1. The third kappa shape index (κ3) is 1.92. The van der Waals surface area contributed by atoms with E-state index in [2.05, 4.69) is 0 Å². The van der Waals surface area contributed by atoms with Crippen LogP contribution in [0.1, 0.15) is 35.4 Å². The van der Waals surface area contributed by atoms with Crippen molar-refractivity contribution >= 4 is 17.3 Å². The molecule has 1 saturated carbocycles. The summed E-state index contributed by atoms with van der Waals surface area (Å²) in [5.41, 5.74) is 1.54. The van der Waals surface area contributed by atoms with Crippen molar-refractivity contribution < 1.29 is 14.5 Å². The molecule has 1 aromatic rings. The molecule has 0 radical (unpaired) electrons. The predicted molar refractivity (Wildman–Crippen MR) is 64.6 cm³/mol. The number of Topliss-reactive ketones (excluding diaryl/α,β-unsaturated/α-hetero) is 2. The first-order chi connectivity index (χ1) is 8.41. The van der Waals surface area contributed by atoms with Crippen LogP contribution in [0.3, 0.4) is 0 Å². The summed E-state index contributed by atoms with van der Waals surface area (Å²) in [6.45, 7) is 3.45. The SMILES string of the molecule is Cc1cc(C)c(C2C(=O)CCC2=O)c([N+](=O)[O-])c1. The normalized spacial score (nSPS) is 16.3. The van der Waals surface area contributed by atoms with E-state index in [4.69, 9.17) is 0 Å². The minimum atomic E-state index is -0.939. The lowest BCUT2D eigenvalue weighted by molar-refractivity contribution is -0.385. The van der Waals surface area contributed by atoms with Crippen LogP contribution in [0, 0.1) is 24.0 Å². The average Bonchev–Trinajstić information content (AvgIpc) is 2.58. The van der Waals surface area contributed by atoms with Gasteiger partial charge >= 0.3 is 0 Å². The number of benzene rings is 1. The first-order valence-corrected chi connectivity index (χ1v) is 5.72. The summed E-state index contributed by atoms with van der Waals surface area (Å²) in [6, 6.07) is 3.18. The second kappa shape index (κ2) is 4.33. The minimum Gasteiger partial charge on any atom is -0.299 e. The van der Waals surface area contributed by atoms with Crippen LogP contribution in [0.2, 0.25) is 0 Å². The zero-order chi connectivity index (χ0) is 13.4. The van der Waals surface area contributed by atoms with Crippen LogP contribution in [-0.2, 0) is 9.59 Å². The fourth-order valence-electron chi connectivity index (χ4n) is 2.52. The molecule has 2 rings (SSSR count). The highest BCUT2D eigenvalue weighted by Gasteiger charge is 2.39. The van der Waals surface area contributed by atoms with E-state index in [-0.39, 0.29) is 35.7 Å². The maximum atomic E-state index is 11.8. The molecule has 1 aromatic carbocycles. The van der Waals surface area contributed by atoms with Gasteiger partial charge in [-0.2, -0.15) is 0 Å². The van der Waals surface area contributed by atoms with Gasteiger partial charge in [0.25, 0.3) is 5.69 Å². The van der Waals surface area contributed by atoms with Gasteiger partial charge in [0.1, 0.15) is 17.5 Å². The number of hydrogen-bond donors (Lipinski definition) is 0. The molecule has 1 aliphatic carbocycles. The number of carbonyl (C=O) groups excluding carboxylic acids is 2. The summed E-state index contributed by atoms with van der Waals surface area (Å²) in [4.78, 5) is 34.1. The Kier molecular flexibility index (Phi) is 2.98. The lowest BCUT2D eigenvalue weighted by atomic mass is 9.89. The van der Waals surface area contributed by atoms with E-state index in [1.165, 1.54) is 6.07 Å². The van der Waals surface area contributed by atoms with Crippen molar-refractivity contribution in [3.05, 3.63) is 38.9 Å². The highest BCUT2D eigenvalue weighted by Crippen LogP contribution is 2.36. The van der Waals surface area contributed by atoms with Gasteiger partial charge in [-0.25, -0.2) is 0 Å². The Morgan fingerprint density at radius 2 is 1.72 bits per heavy atom. The molecule has 0 saturated heterocycles. The van der Waals surface area contributed by atoms with Crippen LogP contribution in [0.15, 0.2) is 12.1 Å². The molecule has 0 aromatic heterocycles. The van der Waals surface area contributed by atoms with Crippen molar-refractivity contribution in [1.82, 2.24) is 0 Å². The Balaban J connectivity index is 2.66. The lowest BCUT2D eigenvalue weighted by Crippen LogP contribution is -2.15. The molecular weight excluding hydrogens is 234 g/mol. The number of ketones is 2. The van der Waals surface area contributed by atoms with Crippen molar-refractivity contribution in [2.75, 3.05) is 0 Å². The van der Waals surface area contributed by atoms with Crippen molar-refractivity contribution in [2.45, 2.75) is 32.6 Å². The van der Waals surface area contributed by atoms with Crippen LogP contribution >= 0.6 is 0 Å². The quantitative estimate of drug-likeness (QED) is 0.456. The summed E-state index contributed by atoms with van der Waals surface area (Å²) in [6.07, 6.45) is 0.377. The smallest absolute Gasteiger partial charge is 0.274 e. The Labute approximate surface area is 104 Å². The van der Waals surface area contributed by atoms with Gasteiger partial charge in [-0.05, 0) is 25.0 Å². The Morgan fingerprint density at radius 1 is 1.17 bits per heavy atom. The van der Waals surface area contributed by atoms with Crippen molar-refractivity contribution in [1.29, 1.82) is 0 Å². The van der Waals surface area contributed by atoms with Crippen LogP contribution in [0.5, 0.6) is 0 Å². The average molecular weight is 247 g/mol. The van der Waals surface area contributed by atoms with Crippen LogP contribution in [0.25, 0.3) is 0 Å². The van der Waals surface area contributed by atoms with Gasteiger partial charge in [-0.1, -0.05) is 6.07 Å². The minimum absolute atomic E-state index is 0.124. The van der Waals surface area contributed by atoms with E-state index in [1.807, 2.05) is 0 Å². The van der Waals surface area contributed by atoms with Gasteiger partial charge in [0.15, 0.2) is 0 Å². The molecular formula is C13H13NO4. The fraction of sp³-hybridized carbons (Fsp3) is 0.385. The highest BCUT2D eigenvalue weighted by molar-refractivity contribution is 6.14. The van der Waals surface area contributed by atoms with Gasteiger partial charge in [-0.15, -0.1) is 0 Å². The number of aryl methyl sites for hydroxylation is 2. The second-order valence-corrected chi connectivity index (χ2v) is 4.64. The first-order valence-electron chi connectivity index (χ1n) is 5.72. The molecule has 0 amide bonds. The van der Waals surface area contributed by atoms with Crippen LogP contribution in [0.4, 0.5) is 5.69 Å². The van der Waals surface area contributed by atoms with Crippen molar-refractivity contribution in [2.24, 2.45) is 0 Å². The topological polar surface area (TPSA) is 77.3 Å². The lowest BCUT2D eigenvalue weighted by Gasteiger charge is -2.12. The third-order valence-corrected chi connectivity index (χ3v) is 3.26. The number of nitro benzene ring substituents is 1. The van der Waals surface area contributed by atoms with E-state index < -0.39 is 10.8 Å². The summed E-state index contributed by atoms with van der Waals surface area (Å²) in [5, 5.41) is 11.1. The molecule has 0 heterocycles. The zero-order valence-corrected chi connectivity index (χ0v) is 10.2. The van der Waals surface area contributed by atoms with Crippen LogP contribution < -0.4 is 0 Å². The predicted octanol–water partition coefficient (Wildman–Crippen LogP) is 2.23. The molecule has 0 spiro atoms. The Hall–Kier alpha value is -2.04. The number of carbonyl (C=O) groups is 2. The monoisotopic (exact) mass is 247 g/mol. The fourth-order valence-corrected chi connectivity index (χ4v) is 2.52. The van der Waals surface area contributed by atoms with Gasteiger partial charge in [0.2, 0.25) is 0 Å². The summed E-state index contributed by atoms with van der Waals surface area (Å²) < 4.78 is 0. The Bertz CT molecular complexity index is 546. The molecule has 5 nitrogen and oxygen atoms in total. The zero-order valence-electron chi connectivity index (χ0n) is 10.2. The van der Waals surface area contributed by atoms with Gasteiger partial charge in [0.05, 0.1) is 10.5 Å². The van der Waals surface area contributed by atoms with E-state index in [0.29, 0.717) is 5.56 Å². The van der Waals surface area contributed by atoms with E-state index >= 15 is 0 Å². The molecule has 18 heavy (non-hydrogen) atoms. The van der Waals surface area contributed by atoms with Gasteiger partial charge < -0.3 is 0 Å². The highest BCUT2D eigenvalue weighted by atomic mass is 16.6. The van der Waals surface area contributed by atoms with Crippen molar-refractivity contribution in [3.63, 3.8) is 0 Å². The van der Waals surface area contributed by atoms with E-state index in [1.54, 1.807) is 19.9 Å². The molecule has 94 valence electrons. The number of rotatable bonds is 2. The summed E-state index contributed by atoms with van der Waals surface area (Å²) in [7, 11) is 0. The summed E-state index contributed by atoms with van der Waals surface area (Å²) in [5.74, 6) is -1.36. The van der Waals surface area contributed by atoms with Crippen LogP contribution in [-0.4, -0.2) is 16.5 Å². The molecule has 0 N–H and O–H groups in total. The molecule has 0 bridgehead atoms. The standard InChI is InChI=1S/C13H13NO4/c1-7-5-8(2)12(9(6-7)14(17)18)13-10(15)3-4-11(13)16/h5-6,13H,3-4H2,1-2H3. The third-order valence-electron chi connectivity index (χ3n) is 3.26. The van der Waals surface area contributed by atoms with E-state index in [0.717, 1.165) is 5.56 Å². The molecule has 1 fully saturated rings. The first kappa shape index (κ1) is 12.4. The number of nitro groups is 1. The maximum Gasteiger partial charge on any atom is 0.274 e. The molecule has 0 atom stereocenters. The molecule has 0 unspecified atom stereocenters. The molecule has 0 aliphatic heterocycles. The van der Waals surface area contributed by atoms with Gasteiger partial charge in [-0.3, -0.25) is 19.7 Å². The van der Waals surface area contributed by atoms with Gasteiger partial charge in [0, 0.05) is 18.9 Å².